The van der Waals surface area contributed by atoms with Crippen molar-refractivity contribution in [2.24, 2.45) is 11.8 Å². The fourth-order valence-corrected chi connectivity index (χ4v) is 6.54. The summed E-state index contributed by atoms with van der Waals surface area (Å²) in [7, 11) is 0. The predicted octanol–water partition coefficient (Wildman–Crippen LogP) is 2.76. The molecule has 4 aliphatic rings. The van der Waals surface area contributed by atoms with Crippen LogP contribution in [0, 0.1) is 11.8 Å². The molecule has 1 aromatic carbocycles. The number of fused-ring (bicyclic) bond motifs is 4. The minimum atomic E-state index is -1.23. The highest BCUT2D eigenvalue weighted by molar-refractivity contribution is 7.98. The Balaban J connectivity index is 1.63. The summed E-state index contributed by atoms with van der Waals surface area (Å²) in [4.78, 5) is 42.0. The first kappa shape index (κ1) is 19.4. The van der Waals surface area contributed by atoms with E-state index >= 15 is 0 Å². The van der Waals surface area contributed by atoms with Gasteiger partial charge in [0.05, 0.1) is 22.5 Å². The molecule has 154 valence electrons. The van der Waals surface area contributed by atoms with E-state index in [0.717, 1.165) is 37.9 Å². The highest BCUT2D eigenvalue weighted by atomic mass is 35.5. The molecule has 8 heteroatoms. The zero-order chi connectivity index (χ0) is 20.3. The minimum absolute atomic E-state index is 0.0258. The lowest BCUT2D eigenvalue weighted by Crippen LogP contribution is -2.54. The van der Waals surface area contributed by atoms with Gasteiger partial charge in [-0.1, -0.05) is 36.6 Å². The third kappa shape index (κ3) is 2.56. The molecule has 29 heavy (non-hydrogen) atoms. The molecule has 6 nitrogen and oxygen atoms in total. The van der Waals surface area contributed by atoms with Crippen LogP contribution in [0.15, 0.2) is 18.2 Å². The van der Waals surface area contributed by atoms with Crippen LogP contribution in [-0.2, 0) is 19.9 Å². The van der Waals surface area contributed by atoms with Gasteiger partial charge in [-0.05, 0) is 37.3 Å². The van der Waals surface area contributed by atoms with Gasteiger partial charge in [0, 0.05) is 17.6 Å². The molecule has 3 heterocycles. The number of nitrogens with zero attached hydrogens (tertiary/aromatic N) is 1. The average Bonchev–Trinajstić information content (AvgIpc) is 3.44. The smallest absolute Gasteiger partial charge is 0.250 e. The van der Waals surface area contributed by atoms with Crippen LogP contribution in [0.5, 0.6) is 0 Å². The molecule has 0 radical (unpaired) electrons. The second-order valence-electron chi connectivity index (χ2n) is 8.45. The number of halogens is 1. The van der Waals surface area contributed by atoms with Gasteiger partial charge in [-0.2, -0.15) is 11.8 Å². The maximum atomic E-state index is 13.7. The van der Waals surface area contributed by atoms with E-state index in [1.165, 1.54) is 4.90 Å². The summed E-state index contributed by atoms with van der Waals surface area (Å²) >= 11 is 8.05. The molecule has 3 fully saturated rings. The van der Waals surface area contributed by atoms with Gasteiger partial charge in [0.2, 0.25) is 17.7 Å². The summed E-state index contributed by atoms with van der Waals surface area (Å²) in [6.45, 7) is 0. The Morgan fingerprint density at radius 2 is 1.97 bits per heavy atom. The summed E-state index contributed by atoms with van der Waals surface area (Å²) in [5.74, 6) is -0.962. The molecule has 2 N–H and O–H groups in total. The van der Waals surface area contributed by atoms with Crippen molar-refractivity contribution in [3.63, 3.8) is 0 Å². The van der Waals surface area contributed by atoms with Crippen LogP contribution in [0.25, 0.3) is 0 Å². The van der Waals surface area contributed by atoms with Gasteiger partial charge in [0.15, 0.2) is 0 Å². The van der Waals surface area contributed by atoms with E-state index in [0.29, 0.717) is 16.3 Å². The quantitative estimate of drug-likeness (QED) is 0.714. The predicted molar refractivity (Wildman–Crippen MR) is 113 cm³/mol. The number of benzene rings is 1. The Labute approximate surface area is 179 Å². The fourth-order valence-electron chi connectivity index (χ4n) is 5.83. The van der Waals surface area contributed by atoms with Gasteiger partial charge in [-0.3, -0.25) is 24.6 Å². The van der Waals surface area contributed by atoms with Crippen LogP contribution in [0.2, 0.25) is 5.02 Å². The standard InChI is InChI=1S/C21H24ClN3O3S/c1-29-10-9-14-15-16(19(27)25(18(15)26)11-5-2-3-6-11)21(24-14)12-7-4-8-13(22)17(12)23-20(21)28/h4,7-8,11,14-16,24H,2-3,5-6,9-10H2,1H3,(H,23,28)/t14-,15-,16+,21+/m1/s1. The Morgan fingerprint density at radius 3 is 2.69 bits per heavy atom. The number of thioether (sulfide) groups is 1. The van der Waals surface area contributed by atoms with Gasteiger partial charge in [0.1, 0.15) is 5.54 Å². The van der Waals surface area contributed by atoms with E-state index < -0.39 is 17.4 Å². The second-order valence-corrected chi connectivity index (χ2v) is 9.84. The average molecular weight is 434 g/mol. The molecule has 5 rings (SSSR count). The summed E-state index contributed by atoms with van der Waals surface area (Å²) in [6.07, 6.45) is 6.55. The molecule has 1 aromatic rings. The van der Waals surface area contributed by atoms with Gasteiger partial charge < -0.3 is 5.32 Å². The Morgan fingerprint density at radius 1 is 1.21 bits per heavy atom. The van der Waals surface area contributed by atoms with E-state index in [1.807, 2.05) is 12.3 Å². The van der Waals surface area contributed by atoms with Gasteiger partial charge in [-0.15, -0.1) is 0 Å². The number of amides is 3. The van der Waals surface area contributed by atoms with E-state index in [2.05, 4.69) is 10.6 Å². The molecular formula is C21H24ClN3O3S. The zero-order valence-corrected chi connectivity index (χ0v) is 17.8. The molecule has 0 unspecified atom stereocenters. The Hall–Kier alpha value is -1.57. The van der Waals surface area contributed by atoms with Crippen LogP contribution < -0.4 is 10.6 Å². The number of anilines is 1. The molecule has 1 saturated carbocycles. The monoisotopic (exact) mass is 433 g/mol. The fraction of sp³-hybridized carbons (Fsp3) is 0.571. The van der Waals surface area contributed by atoms with Crippen molar-refractivity contribution in [2.75, 3.05) is 17.3 Å². The zero-order valence-electron chi connectivity index (χ0n) is 16.2. The van der Waals surface area contributed by atoms with E-state index in [-0.39, 0.29) is 29.8 Å². The SMILES string of the molecule is CSCC[C@H]1N[C@]2(C(=O)Nc3c(Cl)cccc32)[C@@H]2C(=O)N(C3CCCC3)C(=O)[C@@H]21. The van der Waals surface area contributed by atoms with Gasteiger partial charge in [0.25, 0.3) is 0 Å². The van der Waals surface area contributed by atoms with E-state index in [9.17, 15) is 14.4 Å². The van der Waals surface area contributed by atoms with Crippen molar-refractivity contribution in [3.8, 4) is 0 Å². The number of rotatable bonds is 4. The third-order valence-electron chi connectivity index (χ3n) is 7.06. The number of hydrogen-bond donors (Lipinski definition) is 2. The molecule has 0 bridgehead atoms. The number of likely N-dealkylation sites (tertiary alicyclic amines) is 1. The summed E-state index contributed by atoms with van der Waals surface area (Å²) < 4.78 is 0. The molecule has 1 spiro atoms. The second kappa shape index (κ2) is 7.00. The van der Waals surface area contributed by atoms with Crippen LogP contribution >= 0.6 is 23.4 Å². The van der Waals surface area contributed by atoms with E-state index in [4.69, 9.17) is 11.6 Å². The highest BCUT2D eigenvalue weighted by Gasteiger charge is 2.70. The van der Waals surface area contributed by atoms with E-state index in [1.54, 1.807) is 23.9 Å². The number of para-hydroxylation sites is 1. The molecule has 1 aliphatic carbocycles. The largest absolute Gasteiger partial charge is 0.323 e. The third-order valence-corrected chi connectivity index (χ3v) is 8.02. The number of hydrogen-bond acceptors (Lipinski definition) is 5. The molecule has 0 aromatic heterocycles. The lowest BCUT2D eigenvalue weighted by Gasteiger charge is -2.31. The van der Waals surface area contributed by atoms with Crippen molar-refractivity contribution < 1.29 is 14.4 Å². The first-order valence-electron chi connectivity index (χ1n) is 10.2. The molecule has 2 saturated heterocycles. The van der Waals surface area contributed by atoms with Crippen LogP contribution in [-0.4, -0.2) is 46.7 Å². The van der Waals surface area contributed by atoms with Crippen molar-refractivity contribution in [2.45, 2.75) is 49.7 Å². The van der Waals surface area contributed by atoms with Crippen molar-refractivity contribution in [3.05, 3.63) is 28.8 Å². The van der Waals surface area contributed by atoms with Crippen molar-refractivity contribution in [1.29, 1.82) is 0 Å². The first-order chi connectivity index (χ1) is 14.0. The molecule has 4 atom stereocenters. The number of carbonyl (C=O) groups is 3. The van der Waals surface area contributed by atoms with Crippen LogP contribution in [0.4, 0.5) is 5.69 Å². The minimum Gasteiger partial charge on any atom is -0.323 e. The topological polar surface area (TPSA) is 78.5 Å². The number of carbonyl (C=O) groups excluding carboxylic acids is 3. The highest BCUT2D eigenvalue weighted by Crippen LogP contribution is 2.55. The Bertz CT molecular complexity index is 903. The van der Waals surface area contributed by atoms with Gasteiger partial charge >= 0.3 is 0 Å². The van der Waals surface area contributed by atoms with Crippen molar-refractivity contribution in [1.82, 2.24) is 10.2 Å². The lowest BCUT2D eigenvalue weighted by molar-refractivity contribution is -0.145. The molecule has 3 amide bonds. The van der Waals surface area contributed by atoms with Crippen molar-refractivity contribution >= 4 is 46.8 Å². The lowest BCUT2D eigenvalue weighted by atomic mass is 9.76. The summed E-state index contributed by atoms with van der Waals surface area (Å²) in [5, 5.41) is 6.79. The summed E-state index contributed by atoms with van der Waals surface area (Å²) in [5.41, 5.74) is 0.00946. The Kier molecular flexibility index (Phi) is 4.68. The maximum Gasteiger partial charge on any atom is 0.250 e. The normalized spacial score (nSPS) is 33.7. The molecule has 3 aliphatic heterocycles. The summed E-state index contributed by atoms with van der Waals surface area (Å²) in [6, 6.07) is 5.12. The first-order valence-corrected chi connectivity index (χ1v) is 12.0. The van der Waals surface area contributed by atoms with Gasteiger partial charge in [-0.25, -0.2) is 0 Å². The maximum absolute atomic E-state index is 13.7. The molecular weight excluding hydrogens is 410 g/mol. The number of imide groups is 1. The van der Waals surface area contributed by atoms with Crippen LogP contribution in [0.1, 0.15) is 37.7 Å². The number of nitrogens with one attached hydrogen (secondary N) is 2. The van der Waals surface area contributed by atoms with Crippen LogP contribution in [0.3, 0.4) is 0 Å².